The smallest absolute Gasteiger partial charge is 0.359 e. The Morgan fingerprint density at radius 3 is 2.38 bits per heavy atom. The number of carbonyl (C=O) groups excluding carboxylic acids is 2. The SMILES string of the molecule is CC(C)(C)C(=O)CCOP(=O)(COCCn1cnc2c(N)ncnc21)OCOC(=O)C(C)(C)C. The van der Waals surface area contributed by atoms with E-state index in [0.29, 0.717) is 17.7 Å². The standard InChI is InChI=1S/C21H34N5O7P/c1-20(2,3)15(27)7-9-32-34(29,33-13-31-19(28)21(4,5)6)14-30-10-8-26-12-25-16-17(22)23-11-24-18(16)26/h11-12H,7-10,13-14H2,1-6H3,(H2,22,23,24). The Morgan fingerprint density at radius 1 is 1.03 bits per heavy atom. The van der Waals surface area contributed by atoms with Gasteiger partial charge in [-0.15, -0.1) is 0 Å². The maximum atomic E-state index is 13.2. The first-order valence-electron chi connectivity index (χ1n) is 10.8. The van der Waals surface area contributed by atoms with E-state index in [1.54, 1.807) is 52.4 Å². The zero-order chi connectivity index (χ0) is 25.6. The normalized spacial score (nSPS) is 14.2. The number of ketones is 1. The molecule has 12 nitrogen and oxygen atoms in total. The lowest BCUT2D eigenvalue weighted by atomic mass is 9.89. The largest absolute Gasteiger partial charge is 0.438 e. The van der Waals surface area contributed by atoms with E-state index in [1.807, 2.05) is 0 Å². The van der Waals surface area contributed by atoms with Crippen molar-refractivity contribution in [3.8, 4) is 0 Å². The zero-order valence-corrected chi connectivity index (χ0v) is 21.5. The van der Waals surface area contributed by atoms with Crippen molar-refractivity contribution in [3.05, 3.63) is 12.7 Å². The number of ether oxygens (including phenoxy) is 2. The quantitative estimate of drug-likeness (QED) is 0.198. The van der Waals surface area contributed by atoms with Crippen molar-refractivity contribution in [2.24, 2.45) is 10.8 Å². The van der Waals surface area contributed by atoms with Gasteiger partial charge in [-0.1, -0.05) is 20.8 Å². The third-order valence-corrected chi connectivity index (χ3v) is 6.23. The molecule has 0 aliphatic heterocycles. The molecule has 0 aromatic carbocycles. The molecule has 13 heteroatoms. The van der Waals surface area contributed by atoms with Gasteiger partial charge in [0.1, 0.15) is 24.0 Å². The zero-order valence-electron chi connectivity index (χ0n) is 20.6. The number of anilines is 1. The lowest BCUT2D eigenvalue weighted by Crippen LogP contribution is -2.24. The van der Waals surface area contributed by atoms with Crippen LogP contribution in [0, 0.1) is 10.8 Å². The van der Waals surface area contributed by atoms with Crippen LogP contribution in [0.1, 0.15) is 48.0 Å². The molecule has 2 heterocycles. The Morgan fingerprint density at radius 2 is 1.74 bits per heavy atom. The maximum absolute atomic E-state index is 13.2. The second-order valence-electron chi connectivity index (χ2n) is 9.70. The second-order valence-corrected chi connectivity index (χ2v) is 11.7. The molecule has 0 fully saturated rings. The Balaban J connectivity index is 1.94. The van der Waals surface area contributed by atoms with Gasteiger partial charge in [-0.3, -0.25) is 18.7 Å². The maximum Gasteiger partial charge on any atom is 0.359 e. The monoisotopic (exact) mass is 499 g/mol. The molecule has 190 valence electrons. The molecule has 2 rings (SSSR count). The highest BCUT2D eigenvalue weighted by atomic mass is 31.2. The van der Waals surface area contributed by atoms with Crippen LogP contribution in [0.25, 0.3) is 11.2 Å². The van der Waals surface area contributed by atoms with Crippen LogP contribution >= 0.6 is 7.60 Å². The number of aromatic nitrogens is 4. The number of esters is 1. The summed E-state index contributed by atoms with van der Waals surface area (Å²) >= 11 is 0. The van der Waals surface area contributed by atoms with Gasteiger partial charge in [0.15, 0.2) is 11.5 Å². The van der Waals surface area contributed by atoms with Crippen molar-refractivity contribution in [1.82, 2.24) is 19.5 Å². The Labute approximate surface area is 199 Å². The van der Waals surface area contributed by atoms with Gasteiger partial charge in [0.2, 0.25) is 6.79 Å². The van der Waals surface area contributed by atoms with Crippen LogP contribution in [0.3, 0.4) is 0 Å². The summed E-state index contributed by atoms with van der Waals surface area (Å²) in [7, 11) is -3.82. The summed E-state index contributed by atoms with van der Waals surface area (Å²) < 4.78 is 36.2. The first-order valence-corrected chi connectivity index (χ1v) is 12.5. The predicted molar refractivity (Wildman–Crippen MR) is 125 cm³/mol. The molecule has 0 aliphatic carbocycles. The summed E-state index contributed by atoms with van der Waals surface area (Å²) in [6, 6.07) is 0. The third-order valence-electron chi connectivity index (χ3n) is 4.66. The fourth-order valence-corrected chi connectivity index (χ4v) is 3.70. The predicted octanol–water partition coefficient (Wildman–Crippen LogP) is 3.16. The molecule has 0 radical (unpaired) electrons. The molecular weight excluding hydrogens is 465 g/mol. The molecular formula is C21H34N5O7P. The molecule has 0 bridgehead atoms. The summed E-state index contributed by atoms with van der Waals surface area (Å²) in [5.41, 5.74) is 5.51. The number of carbonyl (C=O) groups is 2. The average molecular weight is 500 g/mol. The van der Waals surface area contributed by atoms with Crippen LogP contribution in [0.5, 0.6) is 0 Å². The molecule has 0 saturated carbocycles. The van der Waals surface area contributed by atoms with Crippen LogP contribution in [0.15, 0.2) is 12.7 Å². The molecule has 0 spiro atoms. The molecule has 2 aromatic heterocycles. The number of rotatable bonds is 12. The molecule has 0 amide bonds. The molecule has 1 unspecified atom stereocenters. The van der Waals surface area contributed by atoms with Gasteiger partial charge in [0.05, 0.1) is 25.0 Å². The van der Waals surface area contributed by atoms with E-state index in [4.69, 9.17) is 24.3 Å². The van der Waals surface area contributed by atoms with Gasteiger partial charge in [0, 0.05) is 18.4 Å². The number of nitrogens with zero attached hydrogens (tertiary/aromatic N) is 4. The van der Waals surface area contributed by atoms with E-state index in [9.17, 15) is 14.2 Å². The lowest BCUT2D eigenvalue weighted by Gasteiger charge is -2.21. The fourth-order valence-electron chi connectivity index (χ4n) is 2.54. The molecule has 1 atom stereocenters. The van der Waals surface area contributed by atoms with Gasteiger partial charge in [-0.05, 0) is 20.8 Å². The number of imidazole rings is 1. The minimum Gasteiger partial charge on any atom is -0.438 e. The first-order chi connectivity index (χ1) is 15.7. The van der Waals surface area contributed by atoms with Crippen LogP contribution in [0.2, 0.25) is 0 Å². The van der Waals surface area contributed by atoms with Crippen LogP contribution in [-0.2, 0) is 39.2 Å². The topological polar surface area (TPSA) is 158 Å². The summed E-state index contributed by atoms with van der Waals surface area (Å²) in [5.74, 6) is -0.297. The molecule has 2 N–H and O–H groups in total. The molecule has 0 saturated heterocycles. The van der Waals surface area contributed by atoms with Gasteiger partial charge in [-0.2, -0.15) is 0 Å². The molecule has 34 heavy (non-hydrogen) atoms. The molecule has 2 aromatic rings. The third kappa shape index (κ3) is 8.12. The van der Waals surface area contributed by atoms with E-state index < -0.39 is 37.5 Å². The van der Waals surface area contributed by atoms with Crippen molar-refractivity contribution >= 4 is 36.3 Å². The van der Waals surface area contributed by atoms with Crippen molar-refractivity contribution in [3.63, 3.8) is 0 Å². The van der Waals surface area contributed by atoms with Gasteiger partial charge < -0.3 is 24.3 Å². The average Bonchev–Trinajstić information content (AvgIpc) is 3.14. The van der Waals surface area contributed by atoms with E-state index in [2.05, 4.69) is 15.0 Å². The number of nitrogen functional groups attached to an aromatic ring is 1. The van der Waals surface area contributed by atoms with Crippen molar-refractivity contribution < 1.29 is 32.7 Å². The minimum absolute atomic E-state index is 0.0487. The van der Waals surface area contributed by atoms with E-state index in [1.165, 1.54) is 6.33 Å². The van der Waals surface area contributed by atoms with Crippen molar-refractivity contribution in [1.29, 1.82) is 0 Å². The van der Waals surface area contributed by atoms with Crippen LogP contribution in [-0.4, -0.2) is 57.6 Å². The number of hydrogen-bond acceptors (Lipinski definition) is 11. The number of fused-ring (bicyclic) bond motifs is 1. The summed E-state index contributed by atoms with van der Waals surface area (Å²) in [6.45, 7) is 10.2. The van der Waals surface area contributed by atoms with E-state index in [0.717, 1.165) is 0 Å². The highest BCUT2D eigenvalue weighted by Gasteiger charge is 2.29. The Hall–Kier alpha value is -2.40. The number of Topliss-reactive ketones (excluding diaryl/α,β-unsaturated/α-hetero) is 1. The highest BCUT2D eigenvalue weighted by molar-refractivity contribution is 7.53. The second kappa shape index (κ2) is 11.4. The van der Waals surface area contributed by atoms with Gasteiger partial charge in [-0.25, -0.2) is 15.0 Å². The van der Waals surface area contributed by atoms with Crippen molar-refractivity contribution in [2.45, 2.75) is 54.5 Å². The Bertz CT molecular complexity index is 1010. The summed E-state index contributed by atoms with van der Waals surface area (Å²) in [5, 5.41) is 0. The van der Waals surface area contributed by atoms with Crippen LogP contribution in [0.4, 0.5) is 5.82 Å². The van der Waals surface area contributed by atoms with E-state index >= 15 is 0 Å². The first kappa shape index (κ1) is 27.8. The lowest BCUT2D eigenvalue weighted by molar-refractivity contribution is -0.160. The summed E-state index contributed by atoms with van der Waals surface area (Å²) in [4.78, 5) is 36.3. The number of nitrogens with two attached hydrogens (primary N) is 1. The number of hydrogen-bond donors (Lipinski definition) is 1. The molecule has 0 aliphatic rings. The highest BCUT2D eigenvalue weighted by Crippen LogP contribution is 2.48. The van der Waals surface area contributed by atoms with Crippen molar-refractivity contribution in [2.75, 3.05) is 32.1 Å². The van der Waals surface area contributed by atoms with E-state index in [-0.39, 0.29) is 31.2 Å². The fraction of sp³-hybridized carbons (Fsp3) is 0.667. The van der Waals surface area contributed by atoms with Gasteiger partial charge >= 0.3 is 13.6 Å². The van der Waals surface area contributed by atoms with Gasteiger partial charge in [0.25, 0.3) is 0 Å². The Kier molecular flexibility index (Phi) is 9.29. The minimum atomic E-state index is -3.82. The summed E-state index contributed by atoms with van der Waals surface area (Å²) in [6.07, 6.45) is 2.55. The van der Waals surface area contributed by atoms with Crippen LogP contribution < -0.4 is 5.73 Å².